The summed E-state index contributed by atoms with van der Waals surface area (Å²) in [5.41, 5.74) is 6.69. The average molecular weight is 296 g/mol. The van der Waals surface area contributed by atoms with Crippen LogP contribution in [-0.2, 0) is 0 Å². The fourth-order valence-corrected chi connectivity index (χ4v) is 2.80. The second-order valence-corrected chi connectivity index (χ2v) is 5.88. The molecule has 1 aliphatic heterocycles. The van der Waals surface area contributed by atoms with Gasteiger partial charge in [0.2, 0.25) is 0 Å². The molecule has 2 rings (SSSR count). The summed E-state index contributed by atoms with van der Waals surface area (Å²) in [6.07, 6.45) is 3.82. The standard InChI is InChI=1S/C15H22ClN3O/c1-11(10-19-7-3-2-4-8-19)18-15(20)13-9-12(17)5-6-14(13)16/h5-6,9,11H,2-4,7-8,10,17H2,1H3,(H,18,20). The van der Waals surface area contributed by atoms with Crippen LogP contribution in [0.5, 0.6) is 0 Å². The summed E-state index contributed by atoms with van der Waals surface area (Å²) < 4.78 is 0. The maximum Gasteiger partial charge on any atom is 0.253 e. The minimum absolute atomic E-state index is 0.0955. The summed E-state index contributed by atoms with van der Waals surface area (Å²) in [5, 5.41) is 3.42. The molecule has 0 spiro atoms. The Bertz CT molecular complexity index is 472. The third kappa shape index (κ3) is 4.12. The second-order valence-electron chi connectivity index (χ2n) is 5.48. The van der Waals surface area contributed by atoms with Crippen molar-refractivity contribution < 1.29 is 4.79 Å². The molecule has 1 fully saturated rings. The summed E-state index contributed by atoms with van der Waals surface area (Å²) in [7, 11) is 0. The van der Waals surface area contributed by atoms with Crippen molar-refractivity contribution in [2.45, 2.75) is 32.2 Å². The third-order valence-electron chi connectivity index (χ3n) is 3.59. The molecule has 0 aliphatic carbocycles. The van der Waals surface area contributed by atoms with Gasteiger partial charge in [-0.05, 0) is 51.1 Å². The molecule has 1 unspecified atom stereocenters. The van der Waals surface area contributed by atoms with Crippen molar-refractivity contribution in [3.63, 3.8) is 0 Å². The maximum absolute atomic E-state index is 12.2. The Morgan fingerprint density at radius 3 is 2.80 bits per heavy atom. The third-order valence-corrected chi connectivity index (χ3v) is 3.92. The molecular formula is C15H22ClN3O. The SMILES string of the molecule is CC(CN1CCCCC1)NC(=O)c1cc(N)ccc1Cl. The highest BCUT2D eigenvalue weighted by Crippen LogP contribution is 2.19. The number of carbonyl (C=O) groups excluding carboxylic acids is 1. The molecule has 110 valence electrons. The number of halogens is 1. The van der Waals surface area contributed by atoms with Crippen LogP contribution >= 0.6 is 11.6 Å². The Balaban J connectivity index is 1.91. The topological polar surface area (TPSA) is 58.4 Å². The summed E-state index contributed by atoms with van der Waals surface area (Å²) >= 11 is 6.04. The van der Waals surface area contributed by atoms with E-state index in [0.29, 0.717) is 16.3 Å². The lowest BCUT2D eigenvalue weighted by Crippen LogP contribution is -2.43. The van der Waals surface area contributed by atoms with E-state index in [2.05, 4.69) is 10.2 Å². The molecule has 1 aromatic carbocycles. The van der Waals surface area contributed by atoms with Gasteiger partial charge in [-0.1, -0.05) is 18.0 Å². The Morgan fingerprint density at radius 1 is 1.40 bits per heavy atom. The number of carbonyl (C=O) groups is 1. The normalized spacial score (nSPS) is 17.7. The van der Waals surface area contributed by atoms with Crippen molar-refractivity contribution in [3.8, 4) is 0 Å². The molecule has 1 aromatic rings. The number of benzene rings is 1. The van der Waals surface area contributed by atoms with Crippen LogP contribution in [0, 0.1) is 0 Å². The van der Waals surface area contributed by atoms with E-state index in [0.717, 1.165) is 19.6 Å². The van der Waals surface area contributed by atoms with E-state index in [1.807, 2.05) is 6.92 Å². The Hall–Kier alpha value is -1.26. The van der Waals surface area contributed by atoms with E-state index in [9.17, 15) is 4.79 Å². The Kier molecular flexibility index (Phi) is 5.26. The van der Waals surface area contributed by atoms with Gasteiger partial charge in [0, 0.05) is 18.3 Å². The Labute approximate surface area is 125 Å². The molecule has 3 N–H and O–H groups in total. The highest BCUT2D eigenvalue weighted by atomic mass is 35.5. The number of likely N-dealkylation sites (tertiary alicyclic amines) is 1. The van der Waals surface area contributed by atoms with Gasteiger partial charge in [0.15, 0.2) is 0 Å². The van der Waals surface area contributed by atoms with Gasteiger partial charge < -0.3 is 16.0 Å². The van der Waals surface area contributed by atoms with E-state index in [1.54, 1.807) is 18.2 Å². The number of nitrogens with one attached hydrogen (secondary N) is 1. The number of rotatable bonds is 4. The molecule has 1 atom stereocenters. The minimum atomic E-state index is -0.160. The molecule has 20 heavy (non-hydrogen) atoms. The van der Waals surface area contributed by atoms with Crippen LogP contribution in [0.3, 0.4) is 0 Å². The average Bonchev–Trinajstić information content (AvgIpc) is 2.42. The van der Waals surface area contributed by atoms with Gasteiger partial charge >= 0.3 is 0 Å². The molecule has 4 nitrogen and oxygen atoms in total. The fourth-order valence-electron chi connectivity index (χ4n) is 2.59. The van der Waals surface area contributed by atoms with E-state index in [4.69, 9.17) is 17.3 Å². The molecule has 0 bridgehead atoms. The molecule has 1 saturated heterocycles. The quantitative estimate of drug-likeness (QED) is 0.839. The molecule has 1 aliphatic rings. The number of anilines is 1. The number of nitrogen functional groups attached to an aromatic ring is 1. The lowest BCUT2D eigenvalue weighted by atomic mass is 10.1. The fraction of sp³-hybridized carbons (Fsp3) is 0.533. The first-order chi connectivity index (χ1) is 9.56. The van der Waals surface area contributed by atoms with Crippen LogP contribution in [0.4, 0.5) is 5.69 Å². The summed E-state index contributed by atoms with van der Waals surface area (Å²) in [6, 6.07) is 5.06. The molecule has 5 heteroatoms. The van der Waals surface area contributed by atoms with Gasteiger partial charge in [0.05, 0.1) is 10.6 Å². The van der Waals surface area contributed by atoms with Crippen molar-refractivity contribution in [3.05, 3.63) is 28.8 Å². The van der Waals surface area contributed by atoms with Crippen molar-refractivity contribution in [1.82, 2.24) is 10.2 Å². The van der Waals surface area contributed by atoms with Crippen LogP contribution in [-0.4, -0.2) is 36.5 Å². The van der Waals surface area contributed by atoms with Gasteiger partial charge in [-0.2, -0.15) is 0 Å². The number of amides is 1. The molecule has 0 saturated carbocycles. The van der Waals surface area contributed by atoms with Crippen molar-refractivity contribution in [2.24, 2.45) is 0 Å². The van der Waals surface area contributed by atoms with E-state index < -0.39 is 0 Å². The Morgan fingerprint density at radius 2 is 2.10 bits per heavy atom. The first kappa shape index (κ1) is 15.1. The summed E-state index contributed by atoms with van der Waals surface area (Å²) in [6.45, 7) is 5.15. The van der Waals surface area contributed by atoms with Crippen LogP contribution in [0.15, 0.2) is 18.2 Å². The number of piperidine rings is 1. The zero-order valence-electron chi connectivity index (χ0n) is 11.9. The van der Waals surface area contributed by atoms with Crippen molar-refractivity contribution in [2.75, 3.05) is 25.4 Å². The van der Waals surface area contributed by atoms with E-state index in [1.165, 1.54) is 19.3 Å². The van der Waals surface area contributed by atoms with Crippen LogP contribution in [0.2, 0.25) is 5.02 Å². The van der Waals surface area contributed by atoms with Crippen LogP contribution in [0.1, 0.15) is 36.5 Å². The molecular weight excluding hydrogens is 274 g/mol. The minimum Gasteiger partial charge on any atom is -0.399 e. The molecule has 1 amide bonds. The maximum atomic E-state index is 12.2. The highest BCUT2D eigenvalue weighted by molar-refractivity contribution is 6.34. The predicted molar refractivity (Wildman–Crippen MR) is 83.1 cm³/mol. The largest absolute Gasteiger partial charge is 0.399 e. The lowest BCUT2D eigenvalue weighted by molar-refractivity contribution is 0.0926. The van der Waals surface area contributed by atoms with Crippen molar-refractivity contribution in [1.29, 1.82) is 0 Å². The predicted octanol–water partition coefficient (Wildman–Crippen LogP) is 2.53. The van der Waals surface area contributed by atoms with Gasteiger partial charge in [0.1, 0.15) is 0 Å². The van der Waals surface area contributed by atoms with Gasteiger partial charge in [-0.15, -0.1) is 0 Å². The van der Waals surface area contributed by atoms with E-state index >= 15 is 0 Å². The number of hydrogen-bond donors (Lipinski definition) is 2. The second kappa shape index (κ2) is 6.95. The first-order valence-electron chi connectivity index (χ1n) is 7.14. The highest BCUT2D eigenvalue weighted by Gasteiger charge is 2.17. The number of nitrogens with zero attached hydrogens (tertiary/aromatic N) is 1. The monoisotopic (exact) mass is 295 g/mol. The van der Waals surface area contributed by atoms with Gasteiger partial charge in [-0.25, -0.2) is 0 Å². The number of nitrogens with two attached hydrogens (primary N) is 1. The zero-order chi connectivity index (χ0) is 14.5. The molecule has 1 heterocycles. The molecule has 0 aromatic heterocycles. The van der Waals surface area contributed by atoms with E-state index in [-0.39, 0.29) is 11.9 Å². The van der Waals surface area contributed by atoms with Crippen LogP contribution in [0.25, 0.3) is 0 Å². The lowest BCUT2D eigenvalue weighted by Gasteiger charge is -2.29. The zero-order valence-corrected chi connectivity index (χ0v) is 12.6. The summed E-state index contributed by atoms with van der Waals surface area (Å²) in [5.74, 6) is -0.160. The van der Waals surface area contributed by atoms with Gasteiger partial charge in [-0.3, -0.25) is 4.79 Å². The first-order valence-corrected chi connectivity index (χ1v) is 7.52. The van der Waals surface area contributed by atoms with Gasteiger partial charge in [0.25, 0.3) is 5.91 Å². The van der Waals surface area contributed by atoms with Crippen molar-refractivity contribution >= 4 is 23.2 Å². The summed E-state index contributed by atoms with van der Waals surface area (Å²) in [4.78, 5) is 14.6. The number of hydrogen-bond acceptors (Lipinski definition) is 3. The smallest absolute Gasteiger partial charge is 0.253 e. The molecule has 0 radical (unpaired) electrons. The van der Waals surface area contributed by atoms with Crippen LogP contribution < -0.4 is 11.1 Å².